The Morgan fingerprint density at radius 2 is 1.59 bits per heavy atom. The van der Waals surface area contributed by atoms with Crippen LogP contribution in [0.2, 0.25) is 0 Å². The van der Waals surface area contributed by atoms with Crippen LogP contribution in [-0.4, -0.2) is 49.0 Å². The quantitative estimate of drug-likeness (QED) is 0.436. The van der Waals surface area contributed by atoms with Crippen LogP contribution in [0.4, 0.5) is 5.69 Å². The zero-order chi connectivity index (χ0) is 26.2. The van der Waals surface area contributed by atoms with Crippen molar-refractivity contribution < 1.29 is 28.7 Å². The molecule has 1 fully saturated rings. The number of carbonyl (C=O) groups excluding carboxylic acids is 4. The van der Waals surface area contributed by atoms with Crippen LogP contribution >= 0.6 is 0 Å². The number of ether oxygens (including phenoxy) is 2. The Labute approximate surface area is 214 Å². The second-order valence-corrected chi connectivity index (χ2v) is 8.52. The van der Waals surface area contributed by atoms with E-state index in [-0.39, 0.29) is 13.0 Å². The molecule has 1 saturated heterocycles. The van der Waals surface area contributed by atoms with E-state index in [9.17, 15) is 19.2 Å². The van der Waals surface area contributed by atoms with Gasteiger partial charge in [-0.15, -0.1) is 0 Å². The van der Waals surface area contributed by atoms with E-state index >= 15 is 0 Å². The Morgan fingerprint density at radius 3 is 2.22 bits per heavy atom. The van der Waals surface area contributed by atoms with Gasteiger partial charge in [0.1, 0.15) is 5.75 Å². The molecule has 0 bridgehead atoms. The monoisotopic (exact) mass is 501 g/mol. The second kappa shape index (κ2) is 11.9. The van der Waals surface area contributed by atoms with Crippen molar-refractivity contribution in [3.63, 3.8) is 0 Å². The Kier molecular flexibility index (Phi) is 8.15. The minimum Gasteiger partial charge on any atom is -0.497 e. The smallest absolute Gasteiger partial charge is 0.311 e. The number of hydrogen-bond acceptors (Lipinski definition) is 6. The molecule has 3 amide bonds. The Bertz CT molecular complexity index is 1230. The first-order valence-electron chi connectivity index (χ1n) is 11.8. The van der Waals surface area contributed by atoms with Gasteiger partial charge in [-0.1, -0.05) is 66.7 Å². The number of hydrogen-bond donors (Lipinski definition) is 2. The average molecular weight is 502 g/mol. The van der Waals surface area contributed by atoms with E-state index < -0.39 is 42.1 Å². The van der Waals surface area contributed by atoms with E-state index in [4.69, 9.17) is 9.47 Å². The molecule has 3 aromatic carbocycles. The third-order valence-electron chi connectivity index (χ3n) is 5.93. The van der Waals surface area contributed by atoms with E-state index in [2.05, 4.69) is 10.7 Å². The van der Waals surface area contributed by atoms with Crippen LogP contribution < -0.4 is 15.5 Å². The van der Waals surface area contributed by atoms with Crippen molar-refractivity contribution in [2.45, 2.75) is 12.3 Å². The second-order valence-electron chi connectivity index (χ2n) is 8.52. The summed E-state index contributed by atoms with van der Waals surface area (Å²) < 4.78 is 10.2. The van der Waals surface area contributed by atoms with E-state index in [0.717, 1.165) is 16.1 Å². The van der Waals surface area contributed by atoms with Crippen LogP contribution in [0.25, 0.3) is 0 Å². The molecular formula is C28H27N3O6. The fourth-order valence-corrected chi connectivity index (χ4v) is 4.11. The molecule has 190 valence electrons. The first-order chi connectivity index (χ1) is 17.9. The maximum atomic E-state index is 13.3. The summed E-state index contributed by atoms with van der Waals surface area (Å²) in [5, 5.41) is 3.76. The topological polar surface area (TPSA) is 114 Å². The number of benzene rings is 3. The molecule has 4 rings (SSSR count). The summed E-state index contributed by atoms with van der Waals surface area (Å²) in [6, 6.07) is 25.2. The van der Waals surface area contributed by atoms with Crippen molar-refractivity contribution in [1.29, 1.82) is 0 Å². The van der Waals surface area contributed by atoms with Crippen LogP contribution in [0.5, 0.6) is 5.75 Å². The van der Waals surface area contributed by atoms with Crippen molar-refractivity contribution in [3.8, 4) is 5.75 Å². The molecule has 3 aromatic rings. The molecule has 0 aromatic heterocycles. The maximum Gasteiger partial charge on any atom is 0.311 e. The highest BCUT2D eigenvalue weighted by atomic mass is 16.5. The van der Waals surface area contributed by atoms with Gasteiger partial charge in [-0.3, -0.25) is 29.6 Å². The first-order valence-corrected chi connectivity index (χ1v) is 11.8. The molecule has 0 aliphatic carbocycles. The molecule has 37 heavy (non-hydrogen) atoms. The number of nitrogens with one attached hydrogen (secondary N) is 2. The van der Waals surface area contributed by atoms with Gasteiger partial charge in [0.15, 0.2) is 6.61 Å². The highest BCUT2D eigenvalue weighted by molar-refractivity contribution is 5.94. The van der Waals surface area contributed by atoms with E-state index in [1.165, 1.54) is 7.11 Å². The van der Waals surface area contributed by atoms with Crippen LogP contribution in [0.3, 0.4) is 0 Å². The van der Waals surface area contributed by atoms with E-state index in [0.29, 0.717) is 11.4 Å². The lowest BCUT2D eigenvalue weighted by molar-refractivity contribution is -0.151. The normalized spacial score (nSPS) is 14.8. The van der Waals surface area contributed by atoms with Gasteiger partial charge in [0.25, 0.3) is 11.8 Å². The number of methoxy groups -OCH3 is 1. The maximum absolute atomic E-state index is 13.3. The van der Waals surface area contributed by atoms with E-state index in [1.54, 1.807) is 24.3 Å². The van der Waals surface area contributed by atoms with Crippen molar-refractivity contribution >= 4 is 29.4 Å². The van der Waals surface area contributed by atoms with Gasteiger partial charge in [0.05, 0.1) is 25.5 Å². The number of nitrogens with zero attached hydrogens (tertiary/aromatic N) is 1. The van der Waals surface area contributed by atoms with Crippen molar-refractivity contribution in [2.75, 3.05) is 25.6 Å². The molecule has 0 unspecified atom stereocenters. The zero-order valence-corrected chi connectivity index (χ0v) is 20.3. The van der Waals surface area contributed by atoms with Crippen LogP contribution in [0, 0.1) is 5.92 Å². The minimum atomic E-state index is -0.802. The Morgan fingerprint density at radius 1 is 0.946 bits per heavy atom. The lowest BCUT2D eigenvalue weighted by Crippen LogP contribution is -2.45. The summed E-state index contributed by atoms with van der Waals surface area (Å²) in [5.74, 6) is -2.87. The fraction of sp³-hybridized carbons (Fsp3) is 0.214. The molecular weight excluding hydrogens is 474 g/mol. The van der Waals surface area contributed by atoms with E-state index in [1.807, 2.05) is 60.7 Å². The molecule has 1 aliphatic heterocycles. The van der Waals surface area contributed by atoms with Crippen LogP contribution in [0.1, 0.15) is 23.5 Å². The molecule has 0 spiro atoms. The molecule has 1 atom stereocenters. The number of hydrazine groups is 1. The van der Waals surface area contributed by atoms with Crippen molar-refractivity contribution in [2.24, 2.45) is 5.92 Å². The average Bonchev–Trinajstić information content (AvgIpc) is 3.28. The number of esters is 1. The standard InChI is InChI=1S/C28H27N3O6/c1-36-23-14-8-13-22(16-23)29-24(32)18-37-28(35)21-15-25(33)31(17-21)30-27(34)26(19-9-4-2-5-10-19)20-11-6-3-7-12-20/h2-14,16,21,26H,15,17-18H2,1H3,(H,29,32)(H,30,34)/t21-/m1/s1. The Balaban J connectivity index is 1.33. The van der Waals surface area contributed by atoms with Crippen LogP contribution in [-0.2, 0) is 23.9 Å². The zero-order valence-electron chi connectivity index (χ0n) is 20.3. The molecule has 9 heteroatoms. The number of amides is 3. The lowest BCUT2D eigenvalue weighted by atomic mass is 9.91. The van der Waals surface area contributed by atoms with Gasteiger partial charge in [-0.25, -0.2) is 0 Å². The largest absolute Gasteiger partial charge is 0.497 e. The fourth-order valence-electron chi connectivity index (χ4n) is 4.11. The van der Waals surface area contributed by atoms with Gasteiger partial charge < -0.3 is 14.8 Å². The van der Waals surface area contributed by atoms with Crippen molar-refractivity contribution in [3.05, 3.63) is 96.1 Å². The summed E-state index contributed by atoms with van der Waals surface area (Å²) in [6.45, 7) is -0.547. The highest BCUT2D eigenvalue weighted by Crippen LogP contribution is 2.26. The molecule has 0 saturated carbocycles. The molecule has 1 aliphatic rings. The first kappa shape index (κ1) is 25.4. The molecule has 1 heterocycles. The number of carbonyl (C=O) groups is 4. The lowest BCUT2D eigenvalue weighted by Gasteiger charge is -2.23. The van der Waals surface area contributed by atoms with Gasteiger partial charge in [-0.2, -0.15) is 0 Å². The summed E-state index contributed by atoms with van der Waals surface area (Å²) >= 11 is 0. The van der Waals surface area contributed by atoms with Crippen molar-refractivity contribution in [1.82, 2.24) is 10.4 Å². The molecule has 0 radical (unpaired) electrons. The minimum absolute atomic E-state index is 0.0444. The number of anilines is 1. The number of rotatable bonds is 9. The summed E-state index contributed by atoms with van der Waals surface area (Å²) in [4.78, 5) is 50.6. The third kappa shape index (κ3) is 6.52. The molecule has 9 nitrogen and oxygen atoms in total. The summed E-state index contributed by atoms with van der Waals surface area (Å²) in [5.41, 5.74) is 4.71. The summed E-state index contributed by atoms with van der Waals surface area (Å²) in [7, 11) is 1.51. The summed E-state index contributed by atoms with van der Waals surface area (Å²) in [6.07, 6.45) is -0.127. The Hall–Kier alpha value is -4.66. The van der Waals surface area contributed by atoms with Gasteiger partial charge in [0, 0.05) is 18.2 Å². The van der Waals surface area contributed by atoms with Crippen LogP contribution in [0.15, 0.2) is 84.9 Å². The molecule has 2 N–H and O–H groups in total. The predicted octanol–water partition coefficient (Wildman–Crippen LogP) is 2.89. The highest BCUT2D eigenvalue weighted by Gasteiger charge is 2.37. The SMILES string of the molecule is COc1cccc(NC(=O)COC(=O)[C@@H]2CC(=O)N(NC(=O)C(c3ccccc3)c3ccccc3)C2)c1. The van der Waals surface area contributed by atoms with Gasteiger partial charge in [-0.05, 0) is 23.3 Å². The third-order valence-corrected chi connectivity index (χ3v) is 5.93. The van der Waals surface area contributed by atoms with Gasteiger partial charge >= 0.3 is 5.97 Å². The van der Waals surface area contributed by atoms with Gasteiger partial charge in [0.2, 0.25) is 5.91 Å². The predicted molar refractivity (Wildman–Crippen MR) is 135 cm³/mol.